The van der Waals surface area contributed by atoms with Crippen molar-refractivity contribution in [2.45, 2.75) is 39.2 Å². The van der Waals surface area contributed by atoms with Gasteiger partial charge in [-0.25, -0.2) is 4.98 Å². The number of amides is 1. The quantitative estimate of drug-likeness (QED) is 0.623. The Kier molecular flexibility index (Phi) is 4.61. The second kappa shape index (κ2) is 6.68. The number of hydrogen-bond acceptors (Lipinski definition) is 6. The summed E-state index contributed by atoms with van der Waals surface area (Å²) >= 11 is 1.62. The Balaban J connectivity index is 1.71. The van der Waals surface area contributed by atoms with Crippen molar-refractivity contribution < 1.29 is 9.72 Å². The van der Waals surface area contributed by atoms with Crippen LogP contribution in [0.4, 0.5) is 5.69 Å². The summed E-state index contributed by atoms with van der Waals surface area (Å²) in [5.74, 6) is 0.217. The second-order valence-electron chi connectivity index (χ2n) is 5.98. The van der Waals surface area contributed by atoms with Crippen LogP contribution in [0.2, 0.25) is 0 Å². The lowest BCUT2D eigenvalue weighted by atomic mass is 9.99. The van der Waals surface area contributed by atoms with Gasteiger partial charge in [-0.1, -0.05) is 0 Å². The third kappa shape index (κ3) is 3.16. The van der Waals surface area contributed by atoms with Crippen LogP contribution in [0, 0.1) is 24.0 Å². The first-order valence-electron chi connectivity index (χ1n) is 7.83. The molecule has 1 fully saturated rings. The Morgan fingerprint density at radius 2 is 2.29 bits per heavy atom. The molecule has 1 aliphatic heterocycles. The number of nitro groups is 1. The van der Waals surface area contributed by atoms with Crippen LogP contribution in [0.5, 0.6) is 0 Å². The van der Waals surface area contributed by atoms with E-state index in [1.165, 1.54) is 4.68 Å². The maximum absolute atomic E-state index is 12.6. The molecule has 1 saturated heterocycles. The second-order valence-corrected chi connectivity index (χ2v) is 6.91. The summed E-state index contributed by atoms with van der Waals surface area (Å²) in [5.41, 5.74) is 0.742. The van der Waals surface area contributed by atoms with Gasteiger partial charge in [-0.05, 0) is 26.7 Å². The van der Waals surface area contributed by atoms with Gasteiger partial charge >= 0.3 is 5.69 Å². The number of likely N-dealkylation sites (tertiary alicyclic amines) is 1. The SMILES string of the molecule is Cc1nn(CC(=O)N2CCCC(c3nccs3)C2)c(C)c1[N+](=O)[O-]. The molecule has 9 heteroatoms. The Hall–Kier alpha value is -2.29. The number of piperidine rings is 1. The summed E-state index contributed by atoms with van der Waals surface area (Å²) in [6.45, 7) is 4.60. The highest BCUT2D eigenvalue weighted by molar-refractivity contribution is 7.09. The molecular formula is C15H19N5O3S. The van der Waals surface area contributed by atoms with Gasteiger partial charge in [-0.2, -0.15) is 5.10 Å². The number of carbonyl (C=O) groups excluding carboxylic acids is 1. The highest BCUT2D eigenvalue weighted by Gasteiger charge is 2.28. The summed E-state index contributed by atoms with van der Waals surface area (Å²) in [6.07, 6.45) is 3.76. The first-order chi connectivity index (χ1) is 11.5. The summed E-state index contributed by atoms with van der Waals surface area (Å²) < 4.78 is 1.43. The number of thiazole rings is 1. The van der Waals surface area contributed by atoms with Crippen molar-refractivity contribution in [3.63, 3.8) is 0 Å². The largest absolute Gasteiger partial charge is 0.340 e. The monoisotopic (exact) mass is 349 g/mol. The van der Waals surface area contributed by atoms with Crippen molar-refractivity contribution in [2.75, 3.05) is 13.1 Å². The fraction of sp³-hybridized carbons (Fsp3) is 0.533. The van der Waals surface area contributed by atoms with E-state index in [0.717, 1.165) is 17.8 Å². The maximum atomic E-state index is 12.6. The fourth-order valence-electron chi connectivity index (χ4n) is 3.18. The lowest BCUT2D eigenvalue weighted by Gasteiger charge is -2.31. The van der Waals surface area contributed by atoms with E-state index in [9.17, 15) is 14.9 Å². The highest BCUT2D eigenvalue weighted by atomic mass is 32.1. The number of aromatic nitrogens is 3. The molecule has 0 bridgehead atoms. The summed E-state index contributed by atoms with van der Waals surface area (Å²) in [7, 11) is 0. The van der Waals surface area contributed by atoms with Crippen LogP contribution in [0.15, 0.2) is 11.6 Å². The lowest BCUT2D eigenvalue weighted by Crippen LogP contribution is -2.41. The molecule has 3 heterocycles. The van der Waals surface area contributed by atoms with Crippen LogP contribution in [0.3, 0.4) is 0 Å². The predicted octanol–water partition coefficient (Wildman–Crippen LogP) is 2.27. The normalized spacial score (nSPS) is 17.9. The van der Waals surface area contributed by atoms with E-state index in [-0.39, 0.29) is 24.1 Å². The van der Waals surface area contributed by atoms with Gasteiger partial charge in [-0.15, -0.1) is 11.3 Å². The van der Waals surface area contributed by atoms with Gasteiger partial charge in [0, 0.05) is 30.6 Å². The molecule has 1 unspecified atom stereocenters. The number of nitrogens with zero attached hydrogens (tertiary/aromatic N) is 5. The van der Waals surface area contributed by atoms with Crippen molar-refractivity contribution in [1.82, 2.24) is 19.7 Å². The highest BCUT2D eigenvalue weighted by Crippen LogP contribution is 2.28. The van der Waals surface area contributed by atoms with Crippen molar-refractivity contribution >= 4 is 22.9 Å². The summed E-state index contributed by atoms with van der Waals surface area (Å²) in [6, 6.07) is 0. The van der Waals surface area contributed by atoms with Crippen molar-refractivity contribution in [3.8, 4) is 0 Å². The van der Waals surface area contributed by atoms with Gasteiger partial charge in [0.2, 0.25) is 5.91 Å². The molecule has 0 spiro atoms. The van der Waals surface area contributed by atoms with E-state index >= 15 is 0 Å². The van der Waals surface area contributed by atoms with Gasteiger partial charge < -0.3 is 4.90 Å². The van der Waals surface area contributed by atoms with Gasteiger partial charge in [-0.3, -0.25) is 19.6 Å². The Labute approximate surface area is 143 Å². The lowest BCUT2D eigenvalue weighted by molar-refractivity contribution is -0.386. The molecule has 1 amide bonds. The molecule has 8 nitrogen and oxygen atoms in total. The van der Waals surface area contributed by atoms with E-state index in [1.807, 2.05) is 10.3 Å². The van der Waals surface area contributed by atoms with Crippen molar-refractivity contribution in [1.29, 1.82) is 0 Å². The smallest absolute Gasteiger partial charge is 0.312 e. The van der Waals surface area contributed by atoms with Crippen LogP contribution < -0.4 is 0 Å². The molecule has 0 saturated carbocycles. The number of hydrogen-bond donors (Lipinski definition) is 0. The molecule has 1 aliphatic rings. The maximum Gasteiger partial charge on any atom is 0.312 e. The van der Waals surface area contributed by atoms with Crippen LogP contribution >= 0.6 is 11.3 Å². The zero-order chi connectivity index (χ0) is 17.3. The number of rotatable bonds is 4. The average Bonchev–Trinajstić information content (AvgIpc) is 3.16. The standard InChI is InChI=1S/C15H19N5O3S/c1-10-14(20(22)23)11(2)19(17-10)9-13(21)18-6-3-4-12(8-18)15-16-5-7-24-15/h5,7,12H,3-4,6,8-9H2,1-2H3. The van der Waals surface area contributed by atoms with Gasteiger partial charge in [0.05, 0.1) is 9.93 Å². The molecule has 0 N–H and O–H groups in total. The van der Waals surface area contributed by atoms with E-state index in [0.29, 0.717) is 24.5 Å². The molecule has 0 aromatic carbocycles. The average molecular weight is 349 g/mol. The fourth-order valence-corrected chi connectivity index (χ4v) is 3.94. The van der Waals surface area contributed by atoms with Crippen molar-refractivity contribution in [3.05, 3.63) is 38.1 Å². The minimum absolute atomic E-state index is 0.0119. The minimum Gasteiger partial charge on any atom is -0.340 e. The molecule has 2 aromatic rings. The predicted molar refractivity (Wildman–Crippen MR) is 89.0 cm³/mol. The molecule has 3 rings (SSSR count). The molecule has 128 valence electrons. The number of carbonyl (C=O) groups is 1. The zero-order valence-electron chi connectivity index (χ0n) is 13.6. The Bertz CT molecular complexity index is 756. The molecule has 2 aromatic heterocycles. The molecule has 0 aliphatic carbocycles. The first kappa shape index (κ1) is 16.6. The summed E-state index contributed by atoms with van der Waals surface area (Å²) in [4.78, 5) is 29.4. The molecule has 1 atom stereocenters. The topological polar surface area (TPSA) is 94.2 Å². The van der Waals surface area contributed by atoms with Gasteiger partial charge in [0.1, 0.15) is 17.9 Å². The third-order valence-electron chi connectivity index (χ3n) is 4.39. The third-order valence-corrected chi connectivity index (χ3v) is 5.32. The Morgan fingerprint density at radius 1 is 1.50 bits per heavy atom. The van der Waals surface area contributed by atoms with Crippen LogP contribution in [-0.2, 0) is 11.3 Å². The summed E-state index contributed by atoms with van der Waals surface area (Å²) in [5, 5.41) is 18.2. The van der Waals surface area contributed by atoms with Crippen molar-refractivity contribution in [2.24, 2.45) is 0 Å². The zero-order valence-corrected chi connectivity index (χ0v) is 14.5. The van der Waals surface area contributed by atoms with Gasteiger partial charge in [0.25, 0.3) is 0 Å². The van der Waals surface area contributed by atoms with E-state index in [2.05, 4.69) is 10.1 Å². The van der Waals surface area contributed by atoms with E-state index < -0.39 is 4.92 Å². The Morgan fingerprint density at radius 3 is 2.92 bits per heavy atom. The van der Waals surface area contributed by atoms with Crippen LogP contribution in [0.25, 0.3) is 0 Å². The first-order valence-corrected chi connectivity index (χ1v) is 8.71. The van der Waals surface area contributed by atoms with E-state index in [4.69, 9.17) is 0 Å². The minimum atomic E-state index is -0.446. The van der Waals surface area contributed by atoms with Gasteiger partial charge in [0.15, 0.2) is 0 Å². The van der Waals surface area contributed by atoms with E-state index in [1.54, 1.807) is 31.4 Å². The molecule has 24 heavy (non-hydrogen) atoms. The molecule has 0 radical (unpaired) electrons. The molecular weight excluding hydrogens is 330 g/mol. The van der Waals surface area contributed by atoms with Crippen LogP contribution in [-0.4, -0.2) is 43.6 Å². The number of aryl methyl sites for hydroxylation is 1. The van der Waals surface area contributed by atoms with Crippen LogP contribution in [0.1, 0.15) is 35.2 Å².